The highest BCUT2D eigenvalue weighted by Crippen LogP contribution is 2.24. The second-order valence-corrected chi connectivity index (χ2v) is 4.50. The molecular formula is C11H9N3O4S. The molecule has 2 rings (SSSR count). The molecule has 98 valence electrons. The van der Waals surface area contributed by atoms with Crippen molar-refractivity contribution in [3.05, 3.63) is 45.5 Å². The van der Waals surface area contributed by atoms with E-state index in [1.54, 1.807) is 12.1 Å². The number of nitrogens with zero attached hydrogens (tertiary/aromatic N) is 2. The average Bonchev–Trinajstić information content (AvgIpc) is 2.89. The molecule has 19 heavy (non-hydrogen) atoms. The van der Waals surface area contributed by atoms with Crippen molar-refractivity contribution in [3.8, 4) is 5.88 Å². The summed E-state index contributed by atoms with van der Waals surface area (Å²) >= 11 is 0.820. The Morgan fingerprint density at radius 3 is 2.74 bits per heavy atom. The van der Waals surface area contributed by atoms with E-state index in [0.29, 0.717) is 11.6 Å². The Labute approximate surface area is 112 Å². The minimum absolute atomic E-state index is 0.0713. The molecule has 0 unspecified atom stereocenters. The molecule has 0 aliphatic rings. The van der Waals surface area contributed by atoms with E-state index in [2.05, 4.69) is 10.3 Å². The maximum absolute atomic E-state index is 11.8. The van der Waals surface area contributed by atoms with Gasteiger partial charge in [-0.2, -0.15) is 0 Å². The number of hydrogen-bond acceptors (Lipinski definition) is 6. The molecule has 0 fully saturated rings. The highest BCUT2D eigenvalue weighted by atomic mass is 32.1. The number of methoxy groups -OCH3 is 1. The van der Waals surface area contributed by atoms with Crippen LogP contribution in [0.15, 0.2) is 30.5 Å². The van der Waals surface area contributed by atoms with Crippen LogP contribution in [0.5, 0.6) is 5.88 Å². The van der Waals surface area contributed by atoms with E-state index in [1.165, 1.54) is 25.4 Å². The lowest BCUT2D eigenvalue weighted by Crippen LogP contribution is -2.10. The van der Waals surface area contributed by atoms with Crippen molar-refractivity contribution in [1.82, 2.24) is 4.98 Å². The van der Waals surface area contributed by atoms with Crippen molar-refractivity contribution in [3.63, 3.8) is 0 Å². The molecule has 8 heteroatoms. The van der Waals surface area contributed by atoms with Crippen LogP contribution in [0.4, 0.5) is 10.7 Å². The van der Waals surface area contributed by atoms with Crippen molar-refractivity contribution in [2.75, 3.05) is 12.4 Å². The number of carbonyl (C=O) groups excluding carboxylic acids is 1. The zero-order chi connectivity index (χ0) is 13.8. The Hall–Kier alpha value is -2.48. The first-order valence-corrected chi connectivity index (χ1v) is 5.97. The van der Waals surface area contributed by atoms with Gasteiger partial charge in [0.15, 0.2) is 0 Å². The van der Waals surface area contributed by atoms with Gasteiger partial charge in [0.1, 0.15) is 0 Å². The lowest BCUT2D eigenvalue weighted by Gasteiger charge is -2.03. The Kier molecular flexibility index (Phi) is 3.71. The third-order valence-electron chi connectivity index (χ3n) is 2.20. The molecule has 2 heterocycles. The smallest absolute Gasteiger partial charge is 0.324 e. The lowest BCUT2D eigenvalue weighted by atomic mass is 10.4. The van der Waals surface area contributed by atoms with Gasteiger partial charge in [-0.05, 0) is 12.1 Å². The van der Waals surface area contributed by atoms with E-state index in [0.717, 1.165) is 11.3 Å². The van der Waals surface area contributed by atoms with Gasteiger partial charge in [0, 0.05) is 12.1 Å². The molecule has 0 aliphatic carbocycles. The number of hydrogen-bond donors (Lipinski definition) is 1. The molecule has 0 aliphatic heterocycles. The Morgan fingerprint density at radius 2 is 2.21 bits per heavy atom. The van der Waals surface area contributed by atoms with E-state index >= 15 is 0 Å². The topological polar surface area (TPSA) is 94.4 Å². The number of carbonyl (C=O) groups is 1. The van der Waals surface area contributed by atoms with Crippen molar-refractivity contribution in [2.45, 2.75) is 0 Å². The Morgan fingerprint density at radius 1 is 1.42 bits per heavy atom. The number of anilines is 1. The number of rotatable bonds is 4. The molecular weight excluding hydrogens is 270 g/mol. The van der Waals surface area contributed by atoms with Crippen LogP contribution in [-0.2, 0) is 0 Å². The van der Waals surface area contributed by atoms with Crippen molar-refractivity contribution in [2.24, 2.45) is 0 Å². The average molecular weight is 279 g/mol. The van der Waals surface area contributed by atoms with E-state index in [9.17, 15) is 14.9 Å². The first-order chi connectivity index (χ1) is 9.10. The zero-order valence-electron chi connectivity index (χ0n) is 9.82. The molecule has 1 amide bonds. The molecule has 0 saturated carbocycles. The van der Waals surface area contributed by atoms with Gasteiger partial charge in [-0.15, -0.1) is 0 Å². The van der Waals surface area contributed by atoms with Gasteiger partial charge in [-0.25, -0.2) is 4.98 Å². The minimum atomic E-state index is -0.531. The molecule has 2 aromatic heterocycles. The molecule has 1 N–H and O–H groups in total. The van der Waals surface area contributed by atoms with Crippen molar-refractivity contribution >= 4 is 27.9 Å². The summed E-state index contributed by atoms with van der Waals surface area (Å²) in [6, 6.07) is 5.94. The van der Waals surface area contributed by atoms with Gasteiger partial charge in [0.05, 0.1) is 28.8 Å². The molecule has 0 atom stereocenters. The third kappa shape index (κ3) is 3.05. The summed E-state index contributed by atoms with van der Waals surface area (Å²) in [6.07, 6.45) is 1.44. The fourth-order valence-corrected chi connectivity index (χ4v) is 2.03. The number of aromatic nitrogens is 1. The second kappa shape index (κ2) is 5.44. The van der Waals surface area contributed by atoms with Crippen LogP contribution in [0.2, 0.25) is 0 Å². The SMILES string of the molecule is COc1ccc(NC(=O)c2ccc([N+](=O)[O-])s2)cn1. The Balaban J connectivity index is 2.08. The van der Waals surface area contributed by atoms with Crippen LogP contribution < -0.4 is 10.1 Å². The molecule has 0 saturated heterocycles. The zero-order valence-corrected chi connectivity index (χ0v) is 10.6. The fraction of sp³-hybridized carbons (Fsp3) is 0.0909. The predicted molar refractivity (Wildman–Crippen MR) is 69.7 cm³/mol. The summed E-state index contributed by atoms with van der Waals surface area (Å²) in [5.74, 6) is 0.0230. The van der Waals surface area contributed by atoms with Crippen LogP contribution in [0, 0.1) is 10.1 Å². The second-order valence-electron chi connectivity index (χ2n) is 3.44. The van der Waals surface area contributed by atoms with E-state index in [1.807, 2.05) is 0 Å². The van der Waals surface area contributed by atoms with Gasteiger partial charge < -0.3 is 10.1 Å². The maximum Gasteiger partial charge on any atom is 0.324 e. The summed E-state index contributed by atoms with van der Waals surface area (Å²) in [5.41, 5.74) is 0.488. The summed E-state index contributed by atoms with van der Waals surface area (Å²) < 4.78 is 4.89. The van der Waals surface area contributed by atoms with Gasteiger partial charge in [-0.3, -0.25) is 14.9 Å². The van der Waals surface area contributed by atoms with Crippen molar-refractivity contribution in [1.29, 1.82) is 0 Å². The predicted octanol–water partition coefficient (Wildman–Crippen LogP) is 2.31. The van der Waals surface area contributed by atoms with Gasteiger partial charge >= 0.3 is 5.00 Å². The number of ether oxygens (including phenoxy) is 1. The van der Waals surface area contributed by atoms with E-state index in [4.69, 9.17) is 4.74 Å². The molecule has 0 spiro atoms. The van der Waals surface area contributed by atoms with Crippen LogP contribution >= 0.6 is 11.3 Å². The standard InChI is InChI=1S/C11H9N3O4S/c1-18-9-4-2-7(6-12-9)13-11(15)8-3-5-10(19-8)14(16)17/h2-6H,1H3,(H,13,15). The summed E-state index contributed by atoms with van der Waals surface area (Å²) in [6.45, 7) is 0. The highest BCUT2D eigenvalue weighted by Gasteiger charge is 2.15. The monoisotopic (exact) mass is 279 g/mol. The molecule has 0 radical (unpaired) electrons. The van der Waals surface area contributed by atoms with E-state index in [-0.39, 0.29) is 9.88 Å². The van der Waals surface area contributed by atoms with Crippen molar-refractivity contribution < 1.29 is 14.5 Å². The minimum Gasteiger partial charge on any atom is -0.481 e. The van der Waals surface area contributed by atoms with E-state index < -0.39 is 10.8 Å². The molecule has 7 nitrogen and oxygen atoms in total. The number of pyridine rings is 1. The Bertz CT molecular complexity index is 609. The number of amides is 1. The van der Waals surface area contributed by atoms with Gasteiger partial charge in [0.2, 0.25) is 5.88 Å². The maximum atomic E-state index is 11.8. The van der Waals surface area contributed by atoms with Gasteiger partial charge in [0.25, 0.3) is 5.91 Å². The quantitative estimate of drug-likeness (QED) is 0.684. The first-order valence-electron chi connectivity index (χ1n) is 5.16. The third-order valence-corrected chi connectivity index (χ3v) is 3.23. The number of nitro groups is 1. The largest absolute Gasteiger partial charge is 0.481 e. The molecule has 0 bridgehead atoms. The lowest BCUT2D eigenvalue weighted by molar-refractivity contribution is -0.380. The van der Waals surface area contributed by atoms with Gasteiger partial charge in [-0.1, -0.05) is 11.3 Å². The summed E-state index contributed by atoms with van der Waals surface area (Å²) in [5, 5.41) is 13.0. The number of nitrogens with one attached hydrogen (secondary N) is 1. The van der Waals surface area contributed by atoms with Crippen LogP contribution in [0.1, 0.15) is 9.67 Å². The fourth-order valence-electron chi connectivity index (χ4n) is 1.32. The van der Waals surface area contributed by atoms with Crippen LogP contribution in [0.3, 0.4) is 0 Å². The normalized spacial score (nSPS) is 9.95. The number of thiophene rings is 1. The summed E-state index contributed by atoms with van der Waals surface area (Å²) in [4.78, 5) is 26.0. The first kappa shape index (κ1) is 13.0. The molecule has 0 aromatic carbocycles. The van der Waals surface area contributed by atoms with Crippen LogP contribution in [-0.4, -0.2) is 22.9 Å². The van der Waals surface area contributed by atoms with Crippen LogP contribution in [0.25, 0.3) is 0 Å². The summed E-state index contributed by atoms with van der Waals surface area (Å²) in [7, 11) is 1.49. The molecule has 2 aromatic rings. The highest BCUT2D eigenvalue weighted by molar-refractivity contribution is 7.17.